The highest BCUT2D eigenvalue weighted by Gasteiger charge is 2.46. The SMILES string of the molecule is CC1=CCCCC12CC([Si](C)(C)C)=CC2=O. The summed E-state index contributed by atoms with van der Waals surface area (Å²) in [5, 5.41) is 1.46. The van der Waals surface area contributed by atoms with Gasteiger partial charge in [-0.1, -0.05) is 36.5 Å². The summed E-state index contributed by atoms with van der Waals surface area (Å²) in [6.45, 7) is 9.17. The highest BCUT2D eigenvalue weighted by atomic mass is 28.3. The molecule has 2 aliphatic carbocycles. The van der Waals surface area contributed by atoms with Crippen molar-refractivity contribution >= 4 is 13.9 Å². The van der Waals surface area contributed by atoms with Crippen LogP contribution in [0.4, 0.5) is 0 Å². The zero-order chi connectivity index (χ0) is 12.0. The maximum atomic E-state index is 12.3. The third-order valence-electron chi connectivity index (χ3n) is 4.25. The molecule has 0 radical (unpaired) electrons. The zero-order valence-corrected chi connectivity index (χ0v) is 11.9. The Kier molecular flexibility index (Phi) is 2.73. The van der Waals surface area contributed by atoms with Crippen LogP contribution in [0.1, 0.15) is 32.6 Å². The molecule has 0 aromatic heterocycles. The second kappa shape index (κ2) is 3.69. The summed E-state index contributed by atoms with van der Waals surface area (Å²) in [5.74, 6) is 0.387. The van der Waals surface area contributed by atoms with Gasteiger partial charge in [0.15, 0.2) is 5.78 Å². The number of carbonyl (C=O) groups is 1. The van der Waals surface area contributed by atoms with Crippen LogP contribution in [-0.2, 0) is 4.79 Å². The molecule has 0 N–H and O–H groups in total. The first-order valence-corrected chi connectivity index (χ1v) is 9.79. The van der Waals surface area contributed by atoms with Crippen molar-refractivity contribution in [2.75, 3.05) is 0 Å². The lowest BCUT2D eigenvalue weighted by atomic mass is 9.71. The Morgan fingerprint density at radius 1 is 1.31 bits per heavy atom. The van der Waals surface area contributed by atoms with Gasteiger partial charge in [-0.05, 0) is 38.7 Å². The second-order valence-corrected chi connectivity index (χ2v) is 11.5. The van der Waals surface area contributed by atoms with Gasteiger partial charge in [-0.25, -0.2) is 0 Å². The number of ketones is 1. The molecule has 16 heavy (non-hydrogen) atoms. The van der Waals surface area contributed by atoms with Crippen LogP contribution in [0, 0.1) is 5.41 Å². The summed E-state index contributed by atoms with van der Waals surface area (Å²) >= 11 is 0. The molecule has 88 valence electrons. The molecule has 0 fully saturated rings. The summed E-state index contributed by atoms with van der Waals surface area (Å²) in [7, 11) is -1.29. The molecule has 0 aromatic rings. The summed E-state index contributed by atoms with van der Waals surface area (Å²) in [5.41, 5.74) is 1.21. The molecule has 0 saturated carbocycles. The van der Waals surface area contributed by atoms with E-state index in [1.807, 2.05) is 6.08 Å². The van der Waals surface area contributed by atoms with E-state index >= 15 is 0 Å². The first kappa shape index (κ1) is 11.8. The minimum atomic E-state index is -1.29. The molecular weight excluding hydrogens is 212 g/mol. The van der Waals surface area contributed by atoms with Crippen molar-refractivity contribution in [3.8, 4) is 0 Å². The van der Waals surface area contributed by atoms with E-state index in [1.165, 1.54) is 17.2 Å². The van der Waals surface area contributed by atoms with E-state index in [4.69, 9.17) is 0 Å². The van der Waals surface area contributed by atoms with Gasteiger partial charge in [0.2, 0.25) is 0 Å². The lowest BCUT2D eigenvalue weighted by Gasteiger charge is -2.33. The van der Waals surface area contributed by atoms with Crippen LogP contribution in [-0.4, -0.2) is 13.9 Å². The number of allylic oxidation sites excluding steroid dienone is 4. The molecule has 1 atom stereocenters. The van der Waals surface area contributed by atoms with Crippen molar-refractivity contribution in [1.82, 2.24) is 0 Å². The predicted molar refractivity (Wildman–Crippen MR) is 71.1 cm³/mol. The van der Waals surface area contributed by atoms with E-state index < -0.39 is 8.07 Å². The third-order valence-corrected chi connectivity index (χ3v) is 6.49. The average molecular weight is 234 g/mol. The van der Waals surface area contributed by atoms with Crippen molar-refractivity contribution in [3.63, 3.8) is 0 Å². The van der Waals surface area contributed by atoms with Gasteiger partial charge in [0, 0.05) is 0 Å². The Bertz CT molecular complexity index is 384. The monoisotopic (exact) mass is 234 g/mol. The largest absolute Gasteiger partial charge is 0.294 e. The Morgan fingerprint density at radius 3 is 2.50 bits per heavy atom. The molecule has 1 spiro atoms. The van der Waals surface area contributed by atoms with E-state index in [1.54, 1.807) is 0 Å². The van der Waals surface area contributed by atoms with Crippen molar-refractivity contribution < 1.29 is 4.79 Å². The van der Waals surface area contributed by atoms with Crippen molar-refractivity contribution in [1.29, 1.82) is 0 Å². The second-order valence-electron chi connectivity index (χ2n) is 6.32. The minimum absolute atomic E-state index is 0.117. The number of carbonyl (C=O) groups excluding carboxylic acids is 1. The maximum Gasteiger partial charge on any atom is 0.165 e. The topological polar surface area (TPSA) is 17.1 Å². The Balaban J connectivity index is 2.33. The molecule has 2 heteroatoms. The predicted octanol–water partition coefficient (Wildman–Crippen LogP) is 3.88. The first-order chi connectivity index (χ1) is 7.36. The molecule has 0 aliphatic heterocycles. The fourth-order valence-corrected chi connectivity index (χ4v) is 4.30. The Morgan fingerprint density at radius 2 is 2.00 bits per heavy atom. The summed E-state index contributed by atoms with van der Waals surface area (Å²) in [6.07, 6.45) is 8.68. The van der Waals surface area contributed by atoms with Gasteiger partial charge in [-0.3, -0.25) is 4.79 Å². The highest BCUT2D eigenvalue weighted by Crippen LogP contribution is 2.49. The van der Waals surface area contributed by atoms with Crippen LogP contribution >= 0.6 is 0 Å². The number of hydrogen-bond donors (Lipinski definition) is 0. The molecule has 1 nitrogen and oxygen atoms in total. The van der Waals surface area contributed by atoms with Gasteiger partial charge in [0.25, 0.3) is 0 Å². The molecule has 0 aromatic carbocycles. The van der Waals surface area contributed by atoms with Crippen LogP contribution in [0.2, 0.25) is 19.6 Å². The molecule has 0 heterocycles. The number of rotatable bonds is 1. The summed E-state index contributed by atoms with van der Waals surface area (Å²) in [6, 6.07) is 0. The maximum absolute atomic E-state index is 12.3. The zero-order valence-electron chi connectivity index (χ0n) is 10.9. The molecule has 0 bridgehead atoms. The van der Waals surface area contributed by atoms with Gasteiger partial charge in [0.1, 0.15) is 0 Å². The van der Waals surface area contributed by atoms with Gasteiger partial charge in [-0.2, -0.15) is 0 Å². The van der Waals surface area contributed by atoms with Gasteiger partial charge >= 0.3 is 0 Å². The molecule has 2 aliphatic rings. The summed E-state index contributed by atoms with van der Waals surface area (Å²) < 4.78 is 0. The van der Waals surface area contributed by atoms with E-state index in [9.17, 15) is 4.79 Å². The fraction of sp³-hybridized carbons (Fsp3) is 0.643. The number of hydrogen-bond acceptors (Lipinski definition) is 1. The van der Waals surface area contributed by atoms with Gasteiger partial charge < -0.3 is 0 Å². The van der Waals surface area contributed by atoms with E-state index in [2.05, 4.69) is 32.6 Å². The lowest BCUT2D eigenvalue weighted by molar-refractivity contribution is -0.121. The van der Waals surface area contributed by atoms with Crippen LogP contribution in [0.25, 0.3) is 0 Å². The molecule has 1 unspecified atom stereocenters. The fourth-order valence-electron chi connectivity index (χ4n) is 2.90. The van der Waals surface area contributed by atoms with Crippen LogP contribution in [0.15, 0.2) is 22.9 Å². The first-order valence-electron chi connectivity index (χ1n) is 6.29. The average Bonchev–Trinajstić information content (AvgIpc) is 2.50. The lowest BCUT2D eigenvalue weighted by Crippen LogP contribution is -2.31. The van der Waals surface area contributed by atoms with Gasteiger partial charge in [-0.15, -0.1) is 0 Å². The Hall–Kier alpha value is -0.633. The van der Waals surface area contributed by atoms with E-state index in [0.717, 1.165) is 19.3 Å². The quantitative estimate of drug-likeness (QED) is 0.497. The standard InChI is InChI=1S/C14H22OSi/c1-11-7-5-6-8-14(11)10-12(9-13(14)15)16(2,3)4/h7,9H,5-6,8,10H2,1-4H3. The van der Waals surface area contributed by atoms with E-state index in [0.29, 0.717) is 5.78 Å². The Labute approximate surface area is 99.6 Å². The molecule has 0 amide bonds. The molecular formula is C14H22OSi. The van der Waals surface area contributed by atoms with Crippen molar-refractivity contribution in [3.05, 3.63) is 22.9 Å². The van der Waals surface area contributed by atoms with E-state index in [-0.39, 0.29) is 5.41 Å². The van der Waals surface area contributed by atoms with Gasteiger partial charge in [0.05, 0.1) is 13.5 Å². The van der Waals surface area contributed by atoms with Crippen molar-refractivity contribution in [2.45, 2.75) is 52.2 Å². The minimum Gasteiger partial charge on any atom is -0.294 e. The molecule has 2 rings (SSSR count). The summed E-state index contributed by atoms with van der Waals surface area (Å²) in [4.78, 5) is 12.3. The molecule has 0 saturated heterocycles. The van der Waals surface area contributed by atoms with Crippen LogP contribution in [0.3, 0.4) is 0 Å². The van der Waals surface area contributed by atoms with Crippen LogP contribution in [0.5, 0.6) is 0 Å². The third kappa shape index (κ3) is 1.73. The smallest absolute Gasteiger partial charge is 0.165 e. The van der Waals surface area contributed by atoms with Crippen molar-refractivity contribution in [2.24, 2.45) is 5.41 Å². The highest BCUT2D eigenvalue weighted by molar-refractivity contribution is 6.83. The normalized spacial score (nSPS) is 30.6. The van der Waals surface area contributed by atoms with Crippen LogP contribution < -0.4 is 0 Å².